The van der Waals surface area contributed by atoms with Gasteiger partial charge in [-0.15, -0.1) is 0 Å². The summed E-state index contributed by atoms with van der Waals surface area (Å²) in [6.45, 7) is 3.77. The van der Waals surface area contributed by atoms with Crippen LogP contribution in [0.5, 0.6) is 0 Å². The van der Waals surface area contributed by atoms with Crippen LogP contribution in [0.4, 0.5) is 13.2 Å². The minimum absolute atomic E-state index is 0.108. The summed E-state index contributed by atoms with van der Waals surface area (Å²) >= 11 is 0. The van der Waals surface area contributed by atoms with E-state index in [1.165, 1.54) is 48.8 Å². The van der Waals surface area contributed by atoms with E-state index >= 15 is 0 Å². The molecule has 5 rings (SSSR count). The molecule has 0 radical (unpaired) electrons. The molecule has 1 saturated heterocycles. The number of benzene rings is 4. The van der Waals surface area contributed by atoms with E-state index in [1.807, 2.05) is 6.07 Å². The van der Waals surface area contributed by atoms with Gasteiger partial charge < -0.3 is 4.90 Å². The SMILES string of the molecule is CN(Cc1cccc2cc(CN3CCCCCC3)ccc12)C(=O)c1ccc(-c2ccc(C(F)(F)F)cc2)cc1. The molecule has 1 fully saturated rings. The monoisotopic (exact) mass is 530 g/mol. The molecule has 0 aliphatic carbocycles. The fraction of sp³-hybridized carbons (Fsp3) is 0.303. The van der Waals surface area contributed by atoms with Crippen LogP contribution in [0.15, 0.2) is 84.9 Å². The maximum absolute atomic E-state index is 13.2. The van der Waals surface area contributed by atoms with Gasteiger partial charge >= 0.3 is 6.18 Å². The van der Waals surface area contributed by atoms with Crippen molar-refractivity contribution in [3.8, 4) is 11.1 Å². The van der Waals surface area contributed by atoms with Gasteiger partial charge in [0.25, 0.3) is 5.91 Å². The van der Waals surface area contributed by atoms with Gasteiger partial charge in [0, 0.05) is 25.7 Å². The van der Waals surface area contributed by atoms with Crippen molar-refractivity contribution in [2.45, 2.75) is 44.9 Å². The zero-order chi connectivity index (χ0) is 27.4. The van der Waals surface area contributed by atoms with Crippen LogP contribution < -0.4 is 0 Å². The van der Waals surface area contributed by atoms with E-state index in [1.54, 1.807) is 36.2 Å². The smallest absolute Gasteiger partial charge is 0.337 e. The maximum Gasteiger partial charge on any atom is 0.416 e. The number of fused-ring (bicyclic) bond motifs is 1. The van der Waals surface area contributed by atoms with Gasteiger partial charge in [-0.2, -0.15) is 13.2 Å². The Hall–Kier alpha value is -3.64. The highest BCUT2D eigenvalue weighted by molar-refractivity contribution is 5.95. The third-order valence-electron chi connectivity index (χ3n) is 7.57. The highest BCUT2D eigenvalue weighted by Gasteiger charge is 2.30. The van der Waals surface area contributed by atoms with Gasteiger partial charge in [0.05, 0.1) is 5.56 Å². The van der Waals surface area contributed by atoms with Crippen molar-refractivity contribution < 1.29 is 18.0 Å². The summed E-state index contributed by atoms with van der Waals surface area (Å²) in [5.41, 5.74) is 3.69. The largest absolute Gasteiger partial charge is 0.416 e. The summed E-state index contributed by atoms with van der Waals surface area (Å²) in [6, 6.07) is 24.9. The molecule has 0 aromatic heterocycles. The van der Waals surface area contributed by atoms with Crippen molar-refractivity contribution in [2.75, 3.05) is 20.1 Å². The lowest BCUT2D eigenvalue weighted by Crippen LogP contribution is -2.26. The van der Waals surface area contributed by atoms with Crippen LogP contribution in [-0.2, 0) is 19.3 Å². The van der Waals surface area contributed by atoms with Crippen LogP contribution in [-0.4, -0.2) is 35.8 Å². The van der Waals surface area contributed by atoms with Gasteiger partial charge in [-0.05, 0) is 89.3 Å². The lowest BCUT2D eigenvalue weighted by molar-refractivity contribution is -0.137. The number of hydrogen-bond donors (Lipinski definition) is 0. The molecular formula is C33H33F3N2O. The van der Waals surface area contributed by atoms with E-state index in [2.05, 4.69) is 35.2 Å². The van der Waals surface area contributed by atoms with Crippen LogP contribution in [0.2, 0.25) is 0 Å². The quantitative estimate of drug-likeness (QED) is 0.251. The normalized spacial score (nSPS) is 14.8. The maximum atomic E-state index is 13.2. The first-order chi connectivity index (χ1) is 18.8. The van der Waals surface area contributed by atoms with Crippen LogP contribution in [0.3, 0.4) is 0 Å². The van der Waals surface area contributed by atoms with E-state index in [0.29, 0.717) is 17.7 Å². The Balaban J connectivity index is 1.26. The number of likely N-dealkylation sites (tertiary alicyclic amines) is 1. The van der Waals surface area contributed by atoms with E-state index in [9.17, 15) is 18.0 Å². The molecule has 1 aliphatic heterocycles. The van der Waals surface area contributed by atoms with E-state index < -0.39 is 11.7 Å². The second-order valence-corrected chi connectivity index (χ2v) is 10.5. The zero-order valence-electron chi connectivity index (χ0n) is 22.2. The van der Waals surface area contributed by atoms with Crippen molar-refractivity contribution in [3.05, 3.63) is 107 Å². The number of rotatable bonds is 6. The summed E-state index contributed by atoms with van der Waals surface area (Å²) in [4.78, 5) is 17.4. The average molecular weight is 531 g/mol. The Morgan fingerprint density at radius 3 is 2.10 bits per heavy atom. The Labute approximate surface area is 227 Å². The molecule has 1 aliphatic rings. The molecule has 1 amide bonds. The second-order valence-electron chi connectivity index (χ2n) is 10.5. The lowest BCUT2D eigenvalue weighted by atomic mass is 10.0. The molecule has 39 heavy (non-hydrogen) atoms. The minimum Gasteiger partial charge on any atom is -0.337 e. The first-order valence-corrected chi connectivity index (χ1v) is 13.5. The van der Waals surface area contributed by atoms with Crippen LogP contribution >= 0.6 is 0 Å². The third-order valence-corrected chi connectivity index (χ3v) is 7.57. The van der Waals surface area contributed by atoms with Crippen molar-refractivity contribution in [2.24, 2.45) is 0 Å². The zero-order valence-corrected chi connectivity index (χ0v) is 22.2. The summed E-state index contributed by atoms with van der Waals surface area (Å²) < 4.78 is 38.6. The molecule has 0 N–H and O–H groups in total. The van der Waals surface area contributed by atoms with Crippen molar-refractivity contribution in [1.29, 1.82) is 0 Å². The Bertz CT molecular complexity index is 1420. The summed E-state index contributed by atoms with van der Waals surface area (Å²) in [5, 5.41) is 2.33. The van der Waals surface area contributed by atoms with E-state index in [4.69, 9.17) is 0 Å². The Morgan fingerprint density at radius 2 is 1.46 bits per heavy atom. The lowest BCUT2D eigenvalue weighted by Gasteiger charge is -2.21. The Morgan fingerprint density at radius 1 is 0.821 bits per heavy atom. The van der Waals surface area contributed by atoms with Gasteiger partial charge in [-0.1, -0.05) is 67.4 Å². The van der Waals surface area contributed by atoms with Gasteiger partial charge in [0.1, 0.15) is 0 Å². The molecule has 202 valence electrons. The van der Waals surface area contributed by atoms with Crippen molar-refractivity contribution >= 4 is 16.7 Å². The number of amides is 1. The molecule has 4 aromatic carbocycles. The van der Waals surface area contributed by atoms with Gasteiger partial charge in [0.2, 0.25) is 0 Å². The minimum atomic E-state index is -4.36. The first-order valence-electron chi connectivity index (χ1n) is 13.5. The number of nitrogens with zero attached hydrogens (tertiary/aromatic N) is 2. The number of alkyl halides is 3. The van der Waals surface area contributed by atoms with E-state index in [-0.39, 0.29) is 5.91 Å². The van der Waals surface area contributed by atoms with E-state index in [0.717, 1.165) is 48.3 Å². The summed E-state index contributed by atoms with van der Waals surface area (Å²) in [7, 11) is 1.79. The number of hydrogen-bond acceptors (Lipinski definition) is 2. The fourth-order valence-electron chi connectivity index (χ4n) is 5.39. The molecular weight excluding hydrogens is 497 g/mol. The first kappa shape index (κ1) is 26.9. The Kier molecular flexibility index (Phi) is 8.03. The summed E-state index contributed by atoms with van der Waals surface area (Å²) in [5.74, 6) is -0.108. The number of carbonyl (C=O) groups is 1. The molecule has 0 saturated carbocycles. The number of carbonyl (C=O) groups excluding carboxylic acids is 1. The average Bonchev–Trinajstić information content (AvgIpc) is 3.21. The predicted molar refractivity (Wildman–Crippen MR) is 150 cm³/mol. The predicted octanol–water partition coefficient (Wildman–Crippen LogP) is 8.17. The summed E-state index contributed by atoms with van der Waals surface area (Å²) in [6.07, 6.45) is 0.838. The molecule has 3 nitrogen and oxygen atoms in total. The molecule has 0 bridgehead atoms. The van der Waals surface area contributed by atoms with Gasteiger partial charge in [0.15, 0.2) is 0 Å². The second kappa shape index (κ2) is 11.6. The highest BCUT2D eigenvalue weighted by Crippen LogP contribution is 2.31. The number of halogens is 3. The third kappa shape index (κ3) is 6.51. The van der Waals surface area contributed by atoms with Crippen LogP contribution in [0.25, 0.3) is 21.9 Å². The molecule has 6 heteroatoms. The van der Waals surface area contributed by atoms with Crippen molar-refractivity contribution in [3.63, 3.8) is 0 Å². The van der Waals surface area contributed by atoms with Crippen LogP contribution in [0.1, 0.15) is 52.7 Å². The van der Waals surface area contributed by atoms with Gasteiger partial charge in [-0.3, -0.25) is 9.69 Å². The molecule has 0 atom stereocenters. The fourth-order valence-corrected chi connectivity index (χ4v) is 5.39. The molecule has 1 heterocycles. The van der Waals surface area contributed by atoms with Gasteiger partial charge in [-0.25, -0.2) is 0 Å². The van der Waals surface area contributed by atoms with Crippen LogP contribution in [0, 0.1) is 0 Å². The molecule has 4 aromatic rings. The molecule has 0 unspecified atom stereocenters. The standard InChI is InChI=1S/C33H33F3N2O/c1-37(32(39)27-12-10-25(11-13-27)26-14-16-30(17-15-26)33(34,35)36)23-29-8-6-7-28-21-24(9-18-31(28)29)22-38-19-4-2-3-5-20-38/h6-18,21H,2-5,19-20,22-23H2,1H3. The molecule has 0 spiro atoms. The topological polar surface area (TPSA) is 23.6 Å². The van der Waals surface area contributed by atoms with Crippen molar-refractivity contribution in [1.82, 2.24) is 9.80 Å². The highest BCUT2D eigenvalue weighted by atomic mass is 19.4.